The van der Waals surface area contributed by atoms with E-state index in [9.17, 15) is 4.91 Å². The summed E-state index contributed by atoms with van der Waals surface area (Å²) >= 11 is 6.14. The standard InChI is InChI=1S/C19H15NOS.C19H16S/c21-20-22-19(16-10-4-1-5-11-16,17-12-6-2-7-13-17)18-14-8-3-9-15-18;20-19(16-10-4-1-5-11-16,17-12-6-2-7-13-17)18-14-8-3-9-15-18/h1-15H;1-15,20H. The van der Waals surface area contributed by atoms with Crippen LogP contribution in [0.25, 0.3) is 0 Å². The molecular weight excluding hydrogens is 551 g/mol. The smallest absolute Gasteiger partial charge is 0.116 e. The Morgan fingerprint density at radius 2 is 0.595 bits per heavy atom. The highest BCUT2D eigenvalue weighted by Crippen LogP contribution is 2.48. The van der Waals surface area contributed by atoms with Crippen LogP contribution in [-0.2, 0) is 9.49 Å². The van der Waals surface area contributed by atoms with Crippen molar-refractivity contribution in [2.75, 3.05) is 0 Å². The second kappa shape index (κ2) is 14.0. The molecule has 0 aromatic heterocycles. The van der Waals surface area contributed by atoms with Crippen LogP contribution in [0.15, 0.2) is 187 Å². The molecule has 0 radical (unpaired) electrons. The maximum atomic E-state index is 11.3. The molecule has 0 aliphatic rings. The van der Waals surface area contributed by atoms with E-state index in [0.717, 1.165) is 28.6 Å². The predicted molar refractivity (Wildman–Crippen MR) is 181 cm³/mol. The summed E-state index contributed by atoms with van der Waals surface area (Å²) < 4.78 is 2.14. The van der Waals surface area contributed by atoms with Crippen molar-refractivity contribution in [2.24, 2.45) is 4.58 Å². The summed E-state index contributed by atoms with van der Waals surface area (Å²) in [6.07, 6.45) is 0. The van der Waals surface area contributed by atoms with Gasteiger partial charge in [-0.1, -0.05) is 182 Å². The highest BCUT2D eigenvalue weighted by atomic mass is 32.2. The number of rotatable bonds is 8. The quantitative estimate of drug-likeness (QED) is 0.0839. The normalized spacial score (nSPS) is 11.2. The molecule has 0 saturated carbocycles. The number of nitroso groups, excluding NO2 is 1. The molecule has 0 bridgehead atoms. The minimum atomic E-state index is -0.633. The van der Waals surface area contributed by atoms with E-state index in [4.69, 9.17) is 12.6 Å². The average Bonchev–Trinajstić information content (AvgIpc) is 3.09. The van der Waals surface area contributed by atoms with Crippen LogP contribution in [0, 0.1) is 4.91 Å². The molecule has 4 heteroatoms. The van der Waals surface area contributed by atoms with E-state index in [1.165, 1.54) is 16.7 Å². The summed E-state index contributed by atoms with van der Waals surface area (Å²) in [6.45, 7) is 0. The summed E-state index contributed by atoms with van der Waals surface area (Å²) in [6, 6.07) is 61.4. The van der Waals surface area contributed by atoms with E-state index in [-0.39, 0.29) is 0 Å². The van der Waals surface area contributed by atoms with Gasteiger partial charge in [-0.2, -0.15) is 12.6 Å². The van der Waals surface area contributed by atoms with E-state index in [1.54, 1.807) is 0 Å². The molecule has 0 atom stereocenters. The van der Waals surface area contributed by atoms with Crippen LogP contribution in [0.2, 0.25) is 0 Å². The molecule has 0 heterocycles. The number of hydrogen-bond acceptors (Lipinski definition) is 4. The van der Waals surface area contributed by atoms with Crippen LogP contribution in [0.3, 0.4) is 0 Å². The van der Waals surface area contributed by atoms with Crippen LogP contribution in [0.1, 0.15) is 33.4 Å². The molecule has 2 nitrogen and oxygen atoms in total. The molecule has 0 amide bonds. The topological polar surface area (TPSA) is 29.4 Å². The Hall–Kier alpha value is -4.38. The second-order valence-electron chi connectivity index (χ2n) is 9.75. The van der Waals surface area contributed by atoms with Crippen molar-refractivity contribution in [1.82, 2.24) is 0 Å². The Labute approximate surface area is 258 Å². The van der Waals surface area contributed by atoms with Gasteiger partial charge in [-0.15, -0.1) is 4.91 Å². The van der Waals surface area contributed by atoms with Crippen molar-refractivity contribution in [1.29, 1.82) is 0 Å². The SMILES string of the molecule is O=NSC(c1ccccc1)(c1ccccc1)c1ccccc1.SC(c1ccccc1)(c1ccccc1)c1ccccc1. The third-order valence-electron chi connectivity index (χ3n) is 7.29. The molecule has 42 heavy (non-hydrogen) atoms. The third-order valence-corrected chi connectivity index (χ3v) is 9.12. The van der Waals surface area contributed by atoms with Gasteiger partial charge in [-0.05, 0) is 33.4 Å². The van der Waals surface area contributed by atoms with Gasteiger partial charge in [0.05, 0.1) is 4.75 Å². The lowest BCUT2D eigenvalue weighted by atomic mass is 9.84. The lowest BCUT2D eigenvalue weighted by Gasteiger charge is -2.32. The van der Waals surface area contributed by atoms with Crippen LogP contribution in [-0.4, -0.2) is 0 Å². The molecule has 0 N–H and O–H groups in total. The summed E-state index contributed by atoms with van der Waals surface area (Å²) in [4.78, 5) is 11.3. The van der Waals surface area contributed by atoms with E-state index in [2.05, 4.69) is 77.4 Å². The summed E-state index contributed by atoms with van der Waals surface area (Å²) in [5.74, 6) is 0. The first-order valence-corrected chi connectivity index (χ1v) is 15.0. The van der Waals surface area contributed by atoms with Gasteiger partial charge in [0.15, 0.2) is 0 Å². The monoisotopic (exact) mass is 581 g/mol. The molecule has 0 fully saturated rings. The van der Waals surface area contributed by atoms with Gasteiger partial charge >= 0.3 is 0 Å². The predicted octanol–water partition coefficient (Wildman–Crippen LogP) is 10.3. The van der Waals surface area contributed by atoms with Crippen molar-refractivity contribution in [3.05, 3.63) is 220 Å². The van der Waals surface area contributed by atoms with Crippen LogP contribution < -0.4 is 0 Å². The lowest BCUT2D eigenvalue weighted by Crippen LogP contribution is -2.24. The second-order valence-corrected chi connectivity index (χ2v) is 11.4. The average molecular weight is 582 g/mol. The molecule has 0 aliphatic heterocycles. The van der Waals surface area contributed by atoms with Crippen molar-refractivity contribution >= 4 is 24.6 Å². The molecule has 206 valence electrons. The summed E-state index contributed by atoms with van der Waals surface area (Å²) in [5.41, 5.74) is 6.66. The van der Waals surface area contributed by atoms with Crippen LogP contribution >= 0.6 is 24.6 Å². The first-order chi connectivity index (χ1) is 20.7. The van der Waals surface area contributed by atoms with E-state index >= 15 is 0 Å². The fraction of sp³-hybridized carbons (Fsp3) is 0.0526. The van der Waals surface area contributed by atoms with Crippen molar-refractivity contribution in [3.63, 3.8) is 0 Å². The molecule has 0 unspecified atom stereocenters. The van der Waals surface area contributed by atoms with E-state index < -0.39 is 9.49 Å². The third kappa shape index (κ3) is 6.11. The van der Waals surface area contributed by atoms with Gasteiger partial charge in [0.2, 0.25) is 0 Å². The first-order valence-electron chi connectivity index (χ1n) is 13.8. The Kier molecular flexibility index (Phi) is 9.70. The van der Waals surface area contributed by atoms with Crippen molar-refractivity contribution in [2.45, 2.75) is 9.49 Å². The minimum Gasteiger partial charge on any atom is -0.158 e. The van der Waals surface area contributed by atoms with Gasteiger partial charge in [0.25, 0.3) is 0 Å². The van der Waals surface area contributed by atoms with Gasteiger partial charge in [0.1, 0.15) is 4.75 Å². The molecule has 0 spiro atoms. The number of benzene rings is 6. The Morgan fingerprint density at radius 3 is 0.810 bits per heavy atom. The van der Waals surface area contributed by atoms with E-state index in [1.807, 2.05) is 109 Å². The highest BCUT2D eigenvalue weighted by Gasteiger charge is 2.38. The number of hydrogen-bond donors (Lipinski definition) is 1. The van der Waals surface area contributed by atoms with Gasteiger partial charge < -0.3 is 0 Å². The number of nitrogens with zero attached hydrogens (tertiary/aromatic N) is 1. The highest BCUT2D eigenvalue weighted by molar-refractivity contribution is 7.99. The maximum absolute atomic E-state index is 11.3. The molecule has 6 rings (SSSR count). The van der Waals surface area contributed by atoms with Gasteiger partial charge in [-0.25, -0.2) is 0 Å². The fourth-order valence-electron chi connectivity index (χ4n) is 5.27. The molecular formula is C38H31NOS2. The fourth-order valence-corrected chi connectivity index (χ4v) is 6.55. The van der Waals surface area contributed by atoms with Crippen molar-refractivity contribution < 1.29 is 0 Å². The van der Waals surface area contributed by atoms with Gasteiger partial charge in [-0.3, -0.25) is 0 Å². The number of thiol groups is 1. The van der Waals surface area contributed by atoms with Crippen LogP contribution in [0.4, 0.5) is 0 Å². The Morgan fingerprint density at radius 1 is 0.381 bits per heavy atom. The maximum Gasteiger partial charge on any atom is 0.116 e. The summed E-state index contributed by atoms with van der Waals surface area (Å²) in [7, 11) is 0. The molecule has 0 saturated heterocycles. The van der Waals surface area contributed by atoms with E-state index in [0.29, 0.717) is 0 Å². The van der Waals surface area contributed by atoms with Crippen molar-refractivity contribution in [3.8, 4) is 0 Å². The first kappa shape index (κ1) is 29.1. The van der Waals surface area contributed by atoms with Gasteiger partial charge in [0, 0.05) is 16.5 Å². The largest absolute Gasteiger partial charge is 0.158 e. The Bertz CT molecular complexity index is 1450. The molecule has 6 aromatic carbocycles. The zero-order valence-corrected chi connectivity index (χ0v) is 24.7. The minimum absolute atomic E-state index is 0.427. The Balaban J connectivity index is 0.000000169. The molecule has 0 aliphatic carbocycles. The zero-order chi connectivity index (χ0) is 29.1. The summed E-state index contributed by atoms with van der Waals surface area (Å²) in [5, 5.41) is 0. The molecule has 6 aromatic rings. The van der Waals surface area contributed by atoms with Crippen LogP contribution in [0.5, 0.6) is 0 Å². The lowest BCUT2D eigenvalue weighted by molar-refractivity contribution is 0.896. The zero-order valence-electron chi connectivity index (χ0n) is 23.0.